The number of carbonyl (C=O) groups excluding carboxylic acids is 1. The summed E-state index contributed by atoms with van der Waals surface area (Å²) in [6.45, 7) is 3.40. The first-order valence-electron chi connectivity index (χ1n) is 10.7. The largest absolute Gasteiger partial charge is 0.476 e. The van der Waals surface area contributed by atoms with Gasteiger partial charge in [0.05, 0.1) is 5.02 Å². The topological polar surface area (TPSA) is 115 Å². The number of amides is 1. The summed E-state index contributed by atoms with van der Waals surface area (Å²) in [5, 5.41) is 9.14. The predicted molar refractivity (Wildman–Crippen MR) is 127 cm³/mol. The van der Waals surface area contributed by atoms with Crippen molar-refractivity contribution in [2.24, 2.45) is 5.14 Å². The summed E-state index contributed by atoms with van der Waals surface area (Å²) < 4.78 is 28.9. The van der Waals surface area contributed by atoms with Crippen molar-refractivity contribution < 1.29 is 17.9 Å². The molecule has 1 aromatic carbocycles. The van der Waals surface area contributed by atoms with Crippen LogP contribution in [0.15, 0.2) is 41.4 Å². The Morgan fingerprint density at radius 2 is 1.85 bits per heavy atom. The molecule has 0 saturated carbocycles. The maximum Gasteiger partial charge on any atom is 0.263 e. The van der Waals surface area contributed by atoms with E-state index in [1.54, 1.807) is 38.1 Å². The number of halogens is 2. The lowest BCUT2D eigenvalue weighted by Crippen LogP contribution is -2.55. The van der Waals surface area contributed by atoms with E-state index >= 15 is 0 Å². The molecule has 178 valence electrons. The average molecular weight is 513 g/mol. The molecule has 3 heterocycles. The van der Waals surface area contributed by atoms with Crippen molar-refractivity contribution in [3.63, 3.8) is 0 Å². The Bertz CT molecular complexity index is 1140. The Kier molecular flexibility index (Phi) is 6.52. The van der Waals surface area contributed by atoms with Gasteiger partial charge in [0.15, 0.2) is 5.60 Å². The minimum absolute atomic E-state index is 0.00138. The van der Waals surface area contributed by atoms with Gasteiger partial charge < -0.3 is 15.0 Å². The third-order valence-electron chi connectivity index (χ3n) is 6.19. The van der Waals surface area contributed by atoms with Gasteiger partial charge in [-0.1, -0.05) is 23.2 Å². The fraction of sp³-hybridized carbons (Fsp3) is 0.455. The summed E-state index contributed by atoms with van der Waals surface area (Å²) in [4.78, 5) is 19.6. The lowest BCUT2D eigenvalue weighted by Gasteiger charge is -2.40. The van der Waals surface area contributed by atoms with Crippen molar-refractivity contribution in [1.82, 2.24) is 10.3 Å². The van der Waals surface area contributed by atoms with Crippen molar-refractivity contribution in [2.75, 3.05) is 4.90 Å². The molecule has 8 nitrogen and oxygen atoms in total. The molecule has 0 unspecified atom stereocenters. The molecule has 0 aliphatic carbocycles. The minimum atomic E-state index is -3.78. The zero-order valence-corrected chi connectivity index (χ0v) is 20.6. The summed E-state index contributed by atoms with van der Waals surface area (Å²) in [6.07, 6.45) is 4.78. The van der Waals surface area contributed by atoms with Crippen LogP contribution in [0.25, 0.3) is 0 Å². The second-order valence-electron chi connectivity index (χ2n) is 9.02. The highest BCUT2D eigenvalue weighted by atomic mass is 35.5. The summed E-state index contributed by atoms with van der Waals surface area (Å²) >= 11 is 12.1. The van der Waals surface area contributed by atoms with E-state index in [1.807, 2.05) is 0 Å². The fourth-order valence-electron chi connectivity index (χ4n) is 4.60. The van der Waals surface area contributed by atoms with E-state index in [9.17, 15) is 13.2 Å². The molecule has 1 amide bonds. The zero-order chi connectivity index (χ0) is 24.0. The molecule has 2 aromatic rings. The predicted octanol–water partition coefficient (Wildman–Crippen LogP) is 3.51. The van der Waals surface area contributed by atoms with Crippen LogP contribution >= 0.6 is 23.2 Å². The Labute approximate surface area is 203 Å². The van der Waals surface area contributed by atoms with Gasteiger partial charge in [0.2, 0.25) is 10.0 Å². The number of rotatable bonds is 6. The van der Waals surface area contributed by atoms with Crippen LogP contribution in [0.4, 0.5) is 5.82 Å². The molecule has 4 rings (SSSR count). The average Bonchev–Trinajstić information content (AvgIpc) is 3.00. The SMILES string of the molecule is CC(C)(Oc1ccc(Cl)cc1Cl)C(=O)N[C@H]1C[C@H]2CC[C@@H](C1)N2c1ccc(S(N)(=O)=O)cn1. The third-order valence-corrected chi connectivity index (χ3v) is 7.62. The Morgan fingerprint density at radius 1 is 1.18 bits per heavy atom. The number of ether oxygens (including phenoxy) is 1. The highest BCUT2D eigenvalue weighted by molar-refractivity contribution is 7.89. The monoisotopic (exact) mass is 512 g/mol. The number of carbonyl (C=O) groups is 1. The summed E-state index contributed by atoms with van der Waals surface area (Å²) in [5.74, 6) is 0.896. The number of hydrogen-bond acceptors (Lipinski definition) is 6. The molecule has 2 saturated heterocycles. The highest BCUT2D eigenvalue weighted by Crippen LogP contribution is 2.39. The summed E-state index contributed by atoms with van der Waals surface area (Å²) in [6, 6.07) is 8.46. The van der Waals surface area contributed by atoms with E-state index in [1.165, 1.54) is 12.3 Å². The number of benzene rings is 1. The van der Waals surface area contributed by atoms with Gasteiger partial charge in [-0.3, -0.25) is 4.79 Å². The number of aromatic nitrogens is 1. The summed E-state index contributed by atoms with van der Waals surface area (Å²) in [5.41, 5.74) is -1.13. The lowest BCUT2D eigenvalue weighted by atomic mass is 9.96. The van der Waals surface area contributed by atoms with Crippen LogP contribution in [-0.4, -0.2) is 43.0 Å². The first kappa shape index (κ1) is 24.1. The first-order valence-corrected chi connectivity index (χ1v) is 13.0. The number of piperidine rings is 1. The van der Waals surface area contributed by atoms with Crippen LogP contribution in [0, 0.1) is 0 Å². The van der Waals surface area contributed by atoms with E-state index in [-0.39, 0.29) is 28.9 Å². The van der Waals surface area contributed by atoms with E-state index in [4.69, 9.17) is 33.1 Å². The van der Waals surface area contributed by atoms with E-state index < -0.39 is 15.6 Å². The van der Waals surface area contributed by atoms with Crippen molar-refractivity contribution in [2.45, 2.75) is 68.2 Å². The molecule has 3 N–H and O–H groups in total. The number of pyridine rings is 1. The quantitative estimate of drug-likeness (QED) is 0.611. The van der Waals surface area contributed by atoms with E-state index in [0.29, 0.717) is 15.8 Å². The number of nitrogens with one attached hydrogen (secondary N) is 1. The molecule has 3 atom stereocenters. The number of fused-ring (bicyclic) bond motifs is 2. The molecule has 1 aromatic heterocycles. The number of primary sulfonamides is 1. The van der Waals surface area contributed by atoms with Crippen molar-refractivity contribution >= 4 is 45.0 Å². The Hall–Kier alpha value is -2.07. The Balaban J connectivity index is 1.41. The van der Waals surface area contributed by atoms with Crippen LogP contribution in [0.5, 0.6) is 5.75 Å². The van der Waals surface area contributed by atoms with Gasteiger partial charge in [-0.25, -0.2) is 18.5 Å². The van der Waals surface area contributed by atoms with Crippen LogP contribution in [0.1, 0.15) is 39.5 Å². The molecule has 2 aliphatic rings. The summed E-state index contributed by atoms with van der Waals surface area (Å²) in [7, 11) is -3.78. The minimum Gasteiger partial charge on any atom is -0.476 e. The zero-order valence-electron chi connectivity index (χ0n) is 18.3. The third kappa shape index (κ3) is 5.21. The van der Waals surface area contributed by atoms with Crippen LogP contribution in [0.3, 0.4) is 0 Å². The van der Waals surface area contributed by atoms with E-state index in [2.05, 4.69) is 15.2 Å². The highest BCUT2D eigenvalue weighted by Gasteiger charge is 2.43. The normalized spacial score (nSPS) is 22.8. The fourth-order valence-corrected chi connectivity index (χ4v) is 5.51. The van der Waals surface area contributed by atoms with Gasteiger partial charge in [0.1, 0.15) is 16.5 Å². The molecule has 0 spiro atoms. The van der Waals surface area contributed by atoms with Crippen molar-refractivity contribution in [1.29, 1.82) is 0 Å². The van der Waals surface area contributed by atoms with Gasteiger partial charge in [-0.15, -0.1) is 0 Å². The van der Waals surface area contributed by atoms with Crippen LogP contribution in [0.2, 0.25) is 10.0 Å². The number of sulfonamides is 1. The lowest BCUT2D eigenvalue weighted by molar-refractivity contribution is -0.135. The van der Waals surface area contributed by atoms with Crippen LogP contribution in [-0.2, 0) is 14.8 Å². The maximum atomic E-state index is 13.0. The molecule has 11 heteroatoms. The van der Waals surface area contributed by atoms with Gasteiger partial charge in [0, 0.05) is 29.3 Å². The van der Waals surface area contributed by atoms with Gasteiger partial charge in [-0.2, -0.15) is 0 Å². The van der Waals surface area contributed by atoms with Crippen LogP contribution < -0.4 is 20.1 Å². The number of anilines is 1. The molecule has 2 aliphatic heterocycles. The molecular weight excluding hydrogens is 487 g/mol. The number of nitrogens with two attached hydrogens (primary N) is 1. The molecular formula is C22H26Cl2N4O4S. The van der Waals surface area contributed by atoms with E-state index in [0.717, 1.165) is 31.5 Å². The van der Waals surface area contributed by atoms with Crippen molar-refractivity contribution in [3.05, 3.63) is 46.6 Å². The standard InChI is InChI=1S/C22H26Cl2N4O4S/c1-22(2,32-19-7-3-13(23)9-18(19)24)21(29)27-14-10-15-4-5-16(11-14)28(15)20-8-6-17(12-26-20)33(25,30)31/h3,6-9,12,14-16H,4-5,10-11H2,1-2H3,(H,27,29)(H2,25,30,31)/t14-,15+,16-. The van der Waals surface area contributed by atoms with Gasteiger partial charge in [0.25, 0.3) is 5.91 Å². The second-order valence-corrected chi connectivity index (χ2v) is 11.4. The number of hydrogen-bond donors (Lipinski definition) is 2. The molecule has 2 bridgehead atoms. The molecule has 0 radical (unpaired) electrons. The first-order chi connectivity index (χ1) is 15.4. The smallest absolute Gasteiger partial charge is 0.263 e. The van der Waals surface area contributed by atoms with Crippen molar-refractivity contribution in [3.8, 4) is 5.75 Å². The molecule has 2 fully saturated rings. The number of nitrogens with zero attached hydrogens (tertiary/aromatic N) is 2. The molecule has 33 heavy (non-hydrogen) atoms. The Morgan fingerprint density at radius 3 is 2.39 bits per heavy atom. The second kappa shape index (κ2) is 8.94. The van der Waals surface area contributed by atoms with Gasteiger partial charge in [-0.05, 0) is 69.9 Å². The maximum absolute atomic E-state index is 13.0. The van der Waals surface area contributed by atoms with Gasteiger partial charge >= 0.3 is 0 Å².